The van der Waals surface area contributed by atoms with Crippen LogP contribution in [0, 0.1) is 0 Å². The van der Waals surface area contributed by atoms with Crippen molar-refractivity contribution >= 4 is 11.8 Å². The van der Waals surface area contributed by atoms with E-state index in [1.165, 1.54) is 0 Å². The summed E-state index contributed by atoms with van der Waals surface area (Å²) in [6.07, 6.45) is 17.6. The molecule has 0 aromatic heterocycles. The highest BCUT2D eigenvalue weighted by molar-refractivity contribution is 5.89. The van der Waals surface area contributed by atoms with E-state index in [2.05, 4.69) is 13.0 Å². The van der Waals surface area contributed by atoms with Crippen LogP contribution in [0.15, 0.2) is 24.3 Å². The number of hydrogen-bond acceptors (Lipinski definition) is 3. The molecule has 0 heterocycles. The monoisotopic (exact) mass is 293 g/mol. The van der Waals surface area contributed by atoms with Crippen molar-refractivity contribution in [3.63, 3.8) is 0 Å². The molecule has 0 saturated heterocycles. The molecule has 0 amide bonds. The van der Waals surface area contributed by atoms with E-state index in [4.69, 9.17) is 0 Å². The van der Waals surface area contributed by atoms with Crippen LogP contribution in [0.2, 0.25) is 0 Å². The molecule has 0 saturated carbocycles. The molecule has 21 heavy (non-hydrogen) atoms. The van der Waals surface area contributed by atoms with Crippen molar-refractivity contribution in [2.24, 2.45) is 0 Å². The Morgan fingerprint density at radius 3 is 2.24 bits per heavy atom. The first-order chi connectivity index (χ1) is 10.2. The van der Waals surface area contributed by atoms with Gasteiger partial charge in [0.25, 0.3) is 0 Å². The van der Waals surface area contributed by atoms with Gasteiger partial charge in [0.1, 0.15) is 0 Å². The van der Waals surface area contributed by atoms with E-state index in [1.807, 2.05) is 12.2 Å². The maximum Gasteiger partial charge on any atom is 0.155 e. The van der Waals surface area contributed by atoms with Crippen LogP contribution in [0.25, 0.3) is 0 Å². The summed E-state index contributed by atoms with van der Waals surface area (Å²) < 4.78 is 0. The molecule has 0 bridgehead atoms. The van der Waals surface area contributed by atoms with Gasteiger partial charge in [-0.15, -0.1) is 0 Å². The third-order valence-corrected chi connectivity index (χ3v) is 3.31. The second-order valence-corrected chi connectivity index (χ2v) is 5.39. The van der Waals surface area contributed by atoms with Gasteiger partial charge in [-0.3, -0.25) is 4.79 Å². The van der Waals surface area contributed by atoms with Gasteiger partial charge < -0.3 is 9.90 Å². The van der Waals surface area contributed by atoms with Gasteiger partial charge in [0.05, 0.1) is 0 Å². The highest BCUT2D eigenvalue weighted by Crippen LogP contribution is 2.07. The van der Waals surface area contributed by atoms with E-state index in [9.17, 15) is 14.7 Å². The Morgan fingerprint density at radius 1 is 0.857 bits per heavy atom. The summed E-state index contributed by atoms with van der Waals surface area (Å²) in [4.78, 5) is 21.6. The van der Waals surface area contributed by atoms with Gasteiger partial charge in [-0.05, 0) is 38.2 Å². The molecule has 0 atom stereocenters. The van der Waals surface area contributed by atoms with Crippen LogP contribution < -0.4 is 5.11 Å². The van der Waals surface area contributed by atoms with E-state index in [0.717, 1.165) is 57.8 Å². The molecule has 120 valence electrons. The molecule has 0 rings (SSSR count). The summed E-state index contributed by atoms with van der Waals surface area (Å²) >= 11 is 0. The number of ketones is 1. The molecule has 0 unspecified atom stereocenters. The fourth-order valence-electron chi connectivity index (χ4n) is 2.03. The number of carbonyl (C=O) groups excluding carboxylic acids is 2. The average Bonchev–Trinajstić information content (AvgIpc) is 2.44. The molecule has 0 aliphatic rings. The molecular formula is C18H29O3-. The Morgan fingerprint density at radius 2 is 1.52 bits per heavy atom. The molecule has 0 fully saturated rings. The molecule has 0 spiro atoms. The van der Waals surface area contributed by atoms with Crippen LogP contribution in [0.1, 0.15) is 77.6 Å². The minimum atomic E-state index is -0.950. The lowest BCUT2D eigenvalue weighted by Gasteiger charge is -2.01. The van der Waals surface area contributed by atoms with E-state index in [-0.39, 0.29) is 12.2 Å². The van der Waals surface area contributed by atoms with Crippen molar-refractivity contribution in [1.82, 2.24) is 0 Å². The third-order valence-electron chi connectivity index (χ3n) is 3.31. The van der Waals surface area contributed by atoms with Crippen molar-refractivity contribution in [3.8, 4) is 0 Å². The van der Waals surface area contributed by atoms with E-state index in [0.29, 0.717) is 6.42 Å². The fourth-order valence-corrected chi connectivity index (χ4v) is 2.03. The lowest BCUT2D eigenvalue weighted by Crippen LogP contribution is -2.21. The topological polar surface area (TPSA) is 57.2 Å². The third kappa shape index (κ3) is 16.6. The second-order valence-electron chi connectivity index (χ2n) is 5.39. The number of hydrogen-bond donors (Lipinski definition) is 0. The lowest BCUT2D eigenvalue weighted by atomic mass is 10.1. The Labute approximate surface area is 129 Å². The van der Waals surface area contributed by atoms with Gasteiger partial charge in [-0.1, -0.05) is 57.3 Å². The zero-order chi connectivity index (χ0) is 15.8. The average molecular weight is 293 g/mol. The summed E-state index contributed by atoms with van der Waals surface area (Å²) in [5.74, 6) is -0.741. The minimum absolute atomic E-state index is 0.178. The molecule has 0 aromatic rings. The highest BCUT2D eigenvalue weighted by Gasteiger charge is 1.94. The van der Waals surface area contributed by atoms with Gasteiger partial charge >= 0.3 is 0 Å². The van der Waals surface area contributed by atoms with Crippen LogP contribution in [0.4, 0.5) is 0 Å². The van der Waals surface area contributed by atoms with Gasteiger partial charge in [0.15, 0.2) is 5.78 Å². The number of rotatable bonds is 14. The number of carboxylic acids is 1. The number of carboxylic acid groups (broad SMARTS) is 1. The van der Waals surface area contributed by atoms with Crippen LogP contribution in [-0.2, 0) is 9.59 Å². The summed E-state index contributed by atoms with van der Waals surface area (Å²) in [6.45, 7) is 2.13. The number of unbranched alkanes of at least 4 members (excludes halogenated alkanes) is 7. The van der Waals surface area contributed by atoms with Crippen molar-refractivity contribution in [2.75, 3.05) is 0 Å². The number of carbonyl (C=O) groups is 2. The normalized spacial score (nSPS) is 11.5. The molecule has 0 radical (unpaired) electrons. The van der Waals surface area contributed by atoms with Gasteiger partial charge in [0.2, 0.25) is 0 Å². The standard InChI is InChI=1S/C18H30O3/c1-2-3-11-14-17(19)15-12-9-7-5-4-6-8-10-13-16-18(20)21/h7,9,12,15H,2-6,8,10-11,13-14,16H2,1H3,(H,20,21)/p-1/b9-7-,15-12+. The predicted molar refractivity (Wildman–Crippen MR) is 84.8 cm³/mol. The maximum absolute atomic E-state index is 11.4. The quantitative estimate of drug-likeness (QED) is 0.278. The van der Waals surface area contributed by atoms with Crippen molar-refractivity contribution in [3.05, 3.63) is 24.3 Å². The highest BCUT2D eigenvalue weighted by atomic mass is 16.4. The molecule has 3 heteroatoms. The van der Waals surface area contributed by atoms with Crippen molar-refractivity contribution in [1.29, 1.82) is 0 Å². The van der Waals surface area contributed by atoms with E-state index >= 15 is 0 Å². The minimum Gasteiger partial charge on any atom is -0.550 e. The Balaban J connectivity index is 3.39. The Hall–Kier alpha value is -1.38. The molecular weight excluding hydrogens is 264 g/mol. The van der Waals surface area contributed by atoms with E-state index in [1.54, 1.807) is 6.08 Å². The van der Waals surface area contributed by atoms with Crippen LogP contribution in [0.5, 0.6) is 0 Å². The second kappa shape index (κ2) is 15.0. The first-order valence-electron chi connectivity index (χ1n) is 8.22. The molecule has 0 aliphatic heterocycles. The SMILES string of the molecule is CCCCCC(=O)/C=C/C=C\CCCCCCCC(=O)[O-]. The van der Waals surface area contributed by atoms with Crippen LogP contribution in [-0.4, -0.2) is 11.8 Å². The Bertz CT molecular complexity index is 329. The number of aliphatic carboxylic acids is 1. The Kier molecular flexibility index (Phi) is 14.0. The van der Waals surface area contributed by atoms with Crippen molar-refractivity contribution < 1.29 is 14.7 Å². The molecule has 0 aliphatic carbocycles. The largest absolute Gasteiger partial charge is 0.550 e. The molecule has 0 aromatic carbocycles. The molecule has 3 nitrogen and oxygen atoms in total. The molecule has 0 N–H and O–H groups in total. The van der Waals surface area contributed by atoms with E-state index < -0.39 is 5.97 Å². The van der Waals surface area contributed by atoms with Crippen LogP contribution >= 0.6 is 0 Å². The first-order valence-corrected chi connectivity index (χ1v) is 8.22. The summed E-state index contributed by atoms with van der Waals surface area (Å²) in [5, 5.41) is 10.2. The van der Waals surface area contributed by atoms with Gasteiger partial charge in [-0.25, -0.2) is 0 Å². The van der Waals surface area contributed by atoms with Crippen molar-refractivity contribution in [2.45, 2.75) is 77.6 Å². The predicted octanol–water partition coefficient (Wildman–Crippen LogP) is 3.73. The maximum atomic E-state index is 11.4. The first kappa shape index (κ1) is 19.6. The number of allylic oxidation sites excluding steroid dienone is 4. The summed E-state index contributed by atoms with van der Waals surface area (Å²) in [6, 6.07) is 0. The zero-order valence-electron chi connectivity index (χ0n) is 13.3. The zero-order valence-corrected chi connectivity index (χ0v) is 13.3. The fraction of sp³-hybridized carbons (Fsp3) is 0.667. The lowest BCUT2D eigenvalue weighted by molar-refractivity contribution is -0.305. The van der Waals surface area contributed by atoms with Crippen LogP contribution in [0.3, 0.4) is 0 Å². The van der Waals surface area contributed by atoms with Gasteiger partial charge in [-0.2, -0.15) is 0 Å². The summed E-state index contributed by atoms with van der Waals surface area (Å²) in [7, 11) is 0. The summed E-state index contributed by atoms with van der Waals surface area (Å²) in [5.41, 5.74) is 0. The van der Waals surface area contributed by atoms with Gasteiger partial charge in [0, 0.05) is 12.4 Å². The smallest absolute Gasteiger partial charge is 0.155 e.